The molecule has 1 aromatic rings. The van der Waals surface area contributed by atoms with Gasteiger partial charge in [-0.1, -0.05) is 41.1 Å². The normalized spacial score (nSPS) is 14.4. The third-order valence-corrected chi connectivity index (χ3v) is 3.43. The molecule has 0 saturated heterocycles. The fourth-order valence-electron chi connectivity index (χ4n) is 1.85. The first-order valence-corrected chi connectivity index (χ1v) is 6.05. The van der Waals surface area contributed by atoms with Gasteiger partial charge >= 0.3 is 5.97 Å². The minimum atomic E-state index is -0.766. The van der Waals surface area contributed by atoms with Gasteiger partial charge in [0.25, 0.3) is 0 Å². The fourth-order valence-corrected chi connectivity index (χ4v) is 2.39. The first-order chi connectivity index (χ1) is 7.61. The van der Waals surface area contributed by atoms with E-state index in [2.05, 4.69) is 21.2 Å². The van der Waals surface area contributed by atoms with Crippen LogP contribution in [0.3, 0.4) is 0 Å². The number of nitrogens with one attached hydrogen (secondary N) is 1. The van der Waals surface area contributed by atoms with Gasteiger partial charge in [0.15, 0.2) is 0 Å². The van der Waals surface area contributed by atoms with Crippen LogP contribution in [0.1, 0.15) is 24.9 Å². The molecule has 0 aromatic heterocycles. The zero-order chi connectivity index (χ0) is 12.1. The van der Waals surface area contributed by atoms with Crippen molar-refractivity contribution in [3.8, 4) is 0 Å². The molecule has 0 saturated carbocycles. The van der Waals surface area contributed by atoms with Gasteiger partial charge in [-0.05, 0) is 25.1 Å². The maximum atomic E-state index is 11.2. The Balaban J connectivity index is 3.06. The number of carboxylic acid groups (broad SMARTS) is 1. The molecule has 0 aliphatic rings. The summed E-state index contributed by atoms with van der Waals surface area (Å²) in [5.74, 6) is -1.18. The number of carboxylic acids is 1. The van der Waals surface area contributed by atoms with E-state index in [0.717, 1.165) is 10.0 Å². The van der Waals surface area contributed by atoms with E-state index in [0.29, 0.717) is 6.42 Å². The number of halogens is 1. The van der Waals surface area contributed by atoms with E-state index in [1.165, 1.54) is 0 Å². The predicted molar refractivity (Wildman–Crippen MR) is 67.4 cm³/mol. The maximum absolute atomic E-state index is 11.2. The molecule has 16 heavy (non-hydrogen) atoms. The standard InChI is InChI=1S/C12H16BrNO2/c1-3-8(12(15)16)11(14-2)9-6-4-5-7-10(9)13/h4-8,11,14H,3H2,1-2H3,(H,15,16). The number of carbonyl (C=O) groups is 1. The van der Waals surface area contributed by atoms with Crippen LogP contribution in [-0.4, -0.2) is 18.1 Å². The lowest BCUT2D eigenvalue weighted by atomic mass is 9.91. The third kappa shape index (κ3) is 2.83. The Hall–Kier alpha value is -0.870. The van der Waals surface area contributed by atoms with Crippen LogP contribution in [0.2, 0.25) is 0 Å². The summed E-state index contributed by atoms with van der Waals surface area (Å²) in [5, 5.41) is 12.3. The van der Waals surface area contributed by atoms with Crippen molar-refractivity contribution in [1.29, 1.82) is 0 Å². The molecule has 2 atom stereocenters. The van der Waals surface area contributed by atoms with Crippen molar-refractivity contribution in [3.63, 3.8) is 0 Å². The number of rotatable bonds is 5. The first-order valence-electron chi connectivity index (χ1n) is 5.26. The second-order valence-corrected chi connectivity index (χ2v) is 4.50. The number of aliphatic carboxylic acids is 1. The second kappa shape index (κ2) is 6.01. The third-order valence-electron chi connectivity index (χ3n) is 2.71. The van der Waals surface area contributed by atoms with Crippen LogP contribution < -0.4 is 5.32 Å². The maximum Gasteiger partial charge on any atom is 0.308 e. The molecule has 3 nitrogen and oxygen atoms in total. The molecule has 0 fully saturated rings. The molecule has 0 heterocycles. The van der Waals surface area contributed by atoms with E-state index in [4.69, 9.17) is 0 Å². The van der Waals surface area contributed by atoms with Gasteiger partial charge < -0.3 is 10.4 Å². The lowest BCUT2D eigenvalue weighted by molar-refractivity contribution is -0.143. The van der Waals surface area contributed by atoms with E-state index >= 15 is 0 Å². The van der Waals surface area contributed by atoms with Crippen molar-refractivity contribution < 1.29 is 9.90 Å². The van der Waals surface area contributed by atoms with Crippen LogP contribution in [0.5, 0.6) is 0 Å². The molecule has 0 aliphatic heterocycles. The minimum absolute atomic E-state index is 0.168. The summed E-state index contributed by atoms with van der Waals surface area (Å²) >= 11 is 3.45. The van der Waals surface area contributed by atoms with Gasteiger partial charge in [-0.15, -0.1) is 0 Å². The summed E-state index contributed by atoms with van der Waals surface area (Å²) < 4.78 is 0.939. The number of hydrogen-bond acceptors (Lipinski definition) is 2. The molecular formula is C12H16BrNO2. The minimum Gasteiger partial charge on any atom is -0.481 e. The summed E-state index contributed by atoms with van der Waals surface area (Å²) in [6.45, 7) is 1.89. The van der Waals surface area contributed by atoms with Gasteiger partial charge in [0.05, 0.1) is 5.92 Å². The number of hydrogen-bond donors (Lipinski definition) is 2. The summed E-state index contributed by atoms with van der Waals surface area (Å²) in [6.07, 6.45) is 0.599. The highest BCUT2D eigenvalue weighted by Gasteiger charge is 2.27. The Kier molecular flexibility index (Phi) is 4.96. The van der Waals surface area contributed by atoms with Crippen LogP contribution in [0.25, 0.3) is 0 Å². The van der Waals surface area contributed by atoms with Crippen molar-refractivity contribution in [2.24, 2.45) is 5.92 Å². The van der Waals surface area contributed by atoms with Crippen LogP contribution >= 0.6 is 15.9 Å². The molecule has 88 valence electrons. The van der Waals surface area contributed by atoms with E-state index in [9.17, 15) is 9.90 Å². The largest absolute Gasteiger partial charge is 0.481 e. The average Bonchev–Trinajstić information content (AvgIpc) is 2.26. The first kappa shape index (κ1) is 13.2. The van der Waals surface area contributed by atoms with Crippen molar-refractivity contribution >= 4 is 21.9 Å². The van der Waals surface area contributed by atoms with Crippen LogP contribution in [0, 0.1) is 5.92 Å². The highest BCUT2D eigenvalue weighted by Crippen LogP contribution is 2.30. The Bertz CT molecular complexity index is 368. The fraction of sp³-hybridized carbons (Fsp3) is 0.417. The average molecular weight is 286 g/mol. The van der Waals surface area contributed by atoms with Gasteiger partial charge in [-0.2, -0.15) is 0 Å². The van der Waals surface area contributed by atoms with Crippen molar-refractivity contribution in [2.75, 3.05) is 7.05 Å². The summed E-state index contributed by atoms with van der Waals surface area (Å²) in [5.41, 5.74) is 0.985. The van der Waals surface area contributed by atoms with Crippen LogP contribution in [0.15, 0.2) is 28.7 Å². The zero-order valence-corrected chi connectivity index (χ0v) is 11.0. The zero-order valence-electron chi connectivity index (χ0n) is 9.40. The van der Waals surface area contributed by atoms with E-state index in [1.807, 2.05) is 31.2 Å². The topological polar surface area (TPSA) is 49.3 Å². The number of benzene rings is 1. The highest BCUT2D eigenvalue weighted by molar-refractivity contribution is 9.10. The molecular weight excluding hydrogens is 270 g/mol. The molecule has 1 rings (SSSR count). The molecule has 1 aromatic carbocycles. The van der Waals surface area contributed by atoms with E-state index in [1.54, 1.807) is 7.05 Å². The smallest absolute Gasteiger partial charge is 0.308 e. The molecule has 4 heteroatoms. The van der Waals surface area contributed by atoms with Crippen LogP contribution in [-0.2, 0) is 4.79 Å². The quantitative estimate of drug-likeness (QED) is 0.875. The van der Waals surface area contributed by atoms with Gasteiger partial charge in [-0.3, -0.25) is 4.79 Å². The van der Waals surface area contributed by atoms with Crippen molar-refractivity contribution in [2.45, 2.75) is 19.4 Å². The van der Waals surface area contributed by atoms with Gasteiger partial charge in [0.2, 0.25) is 0 Å². The Morgan fingerprint density at radius 3 is 2.56 bits per heavy atom. The van der Waals surface area contributed by atoms with Crippen LogP contribution in [0.4, 0.5) is 0 Å². The van der Waals surface area contributed by atoms with Gasteiger partial charge in [0.1, 0.15) is 0 Å². The Morgan fingerprint density at radius 1 is 1.50 bits per heavy atom. The lowest BCUT2D eigenvalue weighted by Crippen LogP contribution is -2.30. The molecule has 0 aliphatic carbocycles. The molecule has 2 N–H and O–H groups in total. The van der Waals surface area contributed by atoms with Gasteiger partial charge in [0, 0.05) is 10.5 Å². The van der Waals surface area contributed by atoms with E-state index < -0.39 is 11.9 Å². The molecule has 0 bridgehead atoms. The highest BCUT2D eigenvalue weighted by atomic mass is 79.9. The molecule has 0 radical (unpaired) electrons. The molecule has 0 spiro atoms. The molecule has 0 amide bonds. The lowest BCUT2D eigenvalue weighted by Gasteiger charge is -2.23. The summed E-state index contributed by atoms with van der Waals surface area (Å²) in [4.78, 5) is 11.2. The van der Waals surface area contributed by atoms with E-state index in [-0.39, 0.29) is 6.04 Å². The monoisotopic (exact) mass is 285 g/mol. The predicted octanol–water partition coefficient (Wildman–Crippen LogP) is 2.82. The molecule has 2 unspecified atom stereocenters. The van der Waals surface area contributed by atoms with Crippen molar-refractivity contribution in [1.82, 2.24) is 5.32 Å². The second-order valence-electron chi connectivity index (χ2n) is 3.64. The SMILES string of the molecule is CCC(C(=O)O)C(NC)c1ccccc1Br. The summed E-state index contributed by atoms with van der Waals surface area (Å²) in [7, 11) is 1.79. The Labute approximate surface area is 104 Å². The summed E-state index contributed by atoms with van der Waals surface area (Å²) in [6, 6.07) is 7.53. The van der Waals surface area contributed by atoms with Crippen molar-refractivity contribution in [3.05, 3.63) is 34.3 Å². The Morgan fingerprint density at radius 2 is 2.12 bits per heavy atom. The van der Waals surface area contributed by atoms with Gasteiger partial charge in [-0.25, -0.2) is 0 Å².